The Morgan fingerprint density at radius 1 is 1.43 bits per heavy atom. The van der Waals surface area contributed by atoms with Gasteiger partial charge in [-0.2, -0.15) is 0 Å². The van der Waals surface area contributed by atoms with Crippen molar-refractivity contribution in [1.82, 2.24) is 7.68 Å². The zero-order valence-corrected chi connectivity index (χ0v) is 10.1. The molecule has 0 aliphatic carbocycles. The van der Waals surface area contributed by atoms with Crippen LogP contribution in [0.3, 0.4) is 0 Å². The van der Waals surface area contributed by atoms with Gasteiger partial charge >= 0.3 is 0 Å². The predicted molar refractivity (Wildman–Crippen MR) is 64.6 cm³/mol. The van der Waals surface area contributed by atoms with Crippen LogP contribution in [-0.2, 0) is 0 Å². The molecule has 1 aromatic rings. The van der Waals surface area contributed by atoms with Crippen molar-refractivity contribution in [2.24, 2.45) is 0 Å². The number of hydrogen-bond acceptors (Lipinski definition) is 2. The van der Waals surface area contributed by atoms with Crippen LogP contribution in [0.15, 0.2) is 29.2 Å². The molecule has 76 valence electrons. The van der Waals surface area contributed by atoms with Crippen LogP contribution in [0.25, 0.3) is 0 Å². The third-order valence-corrected chi connectivity index (χ3v) is 3.47. The number of hydrogen-bond donors (Lipinski definition) is 0. The van der Waals surface area contributed by atoms with E-state index in [1.165, 1.54) is 6.42 Å². The summed E-state index contributed by atoms with van der Waals surface area (Å²) in [7, 11) is 0. The lowest BCUT2D eigenvalue weighted by atomic mass is 10.1. The minimum atomic E-state index is 0.115. The molecule has 1 aromatic heterocycles. The highest BCUT2D eigenvalue weighted by atomic mass is 127. The first-order chi connectivity index (χ1) is 6.77. The van der Waals surface area contributed by atoms with Gasteiger partial charge in [0.05, 0.1) is 6.04 Å². The monoisotopic (exact) mass is 304 g/mol. The summed E-state index contributed by atoms with van der Waals surface area (Å²) < 4.78 is 4.11. The second-order valence-electron chi connectivity index (χ2n) is 3.61. The molecular formula is C10H13IN2O. The van der Waals surface area contributed by atoms with Gasteiger partial charge in [0.15, 0.2) is 0 Å². The van der Waals surface area contributed by atoms with Gasteiger partial charge in [-0.3, -0.25) is 4.79 Å². The van der Waals surface area contributed by atoms with Gasteiger partial charge in [0.2, 0.25) is 0 Å². The van der Waals surface area contributed by atoms with Gasteiger partial charge in [-0.25, -0.2) is 3.11 Å². The molecule has 3 nitrogen and oxygen atoms in total. The molecule has 1 saturated heterocycles. The molecule has 1 fully saturated rings. The molecule has 1 aliphatic rings. The summed E-state index contributed by atoms with van der Waals surface area (Å²) in [6.45, 7) is 2.11. The van der Waals surface area contributed by atoms with E-state index in [2.05, 4.69) is 26.0 Å². The molecule has 0 radical (unpaired) electrons. The molecule has 1 unspecified atom stereocenters. The van der Waals surface area contributed by atoms with Gasteiger partial charge in [-0.15, -0.1) is 0 Å². The van der Waals surface area contributed by atoms with Crippen molar-refractivity contribution >= 4 is 22.9 Å². The predicted octanol–water partition coefficient (Wildman–Crippen LogP) is 1.84. The van der Waals surface area contributed by atoms with Crippen LogP contribution in [-0.4, -0.2) is 20.8 Å². The van der Waals surface area contributed by atoms with Gasteiger partial charge < -0.3 is 4.57 Å². The van der Waals surface area contributed by atoms with Crippen molar-refractivity contribution in [3.8, 4) is 0 Å². The van der Waals surface area contributed by atoms with E-state index in [1.807, 2.05) is 16.8 Å². The molecule has 1 atom stereocenters. The van der Waals surface area contributed by atoms with Crippen molar-refractivity contribution < 1.29 is 0 Å². The van der Waals surface area contributed by atoms with Gasteiger partial charge in [0.1, 0.15) is 0 Å². The summed E-state index contributed by atoms with van der Waals surface area (Å²) >= 11 is 2.33. The number of rotatable bonds is 1. The van der Waals surface area contributed by atoms with Gasteiger partial charge in [0, 0.05) is 48.2 Å². The van der Waals surface area contributed by atoms with Crippen molar-refractivity contribution in [2.75, 3.05) is 13.1 Å². The lowest BCUT2D eigenvalue weighted by Crippen LogP contribution is -2.34. The van der Waals surface area contributed by atoms with E-state index >= 15 is 0 Å². The average molecular weight is 304 g/mol. The number of piperidine rings is 1. The Morgan fingerprint density at radius 2 is 2.29 bits per heavy atom. The summed E-state index contributed by atoms with van der Waals surface area (Å²) in [5.41, 5.74) is 0.115. The SMILES string of the molecule is O=c1ccccn1C1CCCN(I)C1. The first-order valence-electron chi connectivity index (χ1n) is 4.85. The number of halogens is 1. The minimum Gasteiger partial charge on any atom is -0.311 e. The Bertz CT molecular complexity index is 363. The second-order valence-corrected chi connectivity index (χ2v) is 4.98. The molecule has 4 heteroatoms. The third-order valence-electron chi connectivity index (χ3n) is 2.59. The Labute approximate surface area is 97.2 Å². The van der Waals surface area contributed by atoms with E-state index < -0.39 is 0 Å². The summed E-state index contributed by atoms with van der Waals surface area (Å²) in [5, 5.41) is 0. The standard InChI is InChI=1S/C10H13IN2O/c11-12-6-3-4-9(8-12)13-7-2-1-5-10(13)14/h1-2,5,7,9H,3-4,6,8H2. The first kappa shape index (κ1) is 10.2. The Morgan fingerprint density at radius 3 is 3.00 bits per heavy atom. The van der Waals surface area contributed by atoms with Gasteiger partial charge in [0.25, 0.3) is 5.56 Å². The molecule has 2 rings (SSSR count). The minimum absolute atomic E-state index is 0.115. The Hall–Kier alpha value is -0.360. The molecule has 14 heavy (non-hydrogen) atoms. The van der Waals surface area contributed by atoms with Crippen LogP contribution in [0.4, 0.5) is 0 Å². The molecule has 0 N–H and O–H groups in total. The fraction of sp³-hybridized carbons (Fsp3) is 0.500. The van der Waals surface area contributed by atoms with Crippen LogP contribution >= 0.6 is 22.9 Å². The lowest BCUT2D eigenvalue weighted by molar-refractivity contribution is 0.297. The summed E-state index contributed by atoms with van der Waals surface area (Å²) in [6.07, 6.45) is 4.18. The normalized spacial score (nSPS) is 23.6. The van der Waals surface area contributed by atoms with Crippen molar-refractivity contribution in [3.63, 3.8) is 0 Å². The highest BCUT2D eigenvalue weighted by Gasteiger charge is 2.19. The molecule has 0 aromatic carbocycles. The number of aromatic nitrogens is 1. The van der Waals surface area contributed by atoms with Crippen LogP contribution < -0.4 is 5.56 Å². The van der Waals surface area contributed by atoms with Crippen LogP contribution in [0.5, 0.6) is 0 Å². The van der Waals surface area contributed by atoms with Crippen molar-refractivity contribution in [3.05, 3.63) is 34.7 Å². The van der Waals surface area contributed by atoms with Crippen molar-refractivity contribution in [2.45, 2.75) is 18.9 Å². The van der Waals surface area contributed by atoms with Gasteiger partial charge in [-0.1, -0.05) is 6.07 Å². The number of pyridine rings is 1. The maximum Gasteiger partial charge on any atom is 0.250 e. The third kappa shape index (κ3) is 2.17. The summed E-state index contributed by atoms with van der Waals surface area (Å²) in [5.74, 6) is 0. The van der Waals surface area contributed by atoms with Crippen LogP contribution in [0.1, 0.15) is 18.9 Å². The van der Waals surface area contributed by atoms with E-state index in [4.69, 9.17) is 0 Å². The van der Waals surface area contributed by atoms with Gasteiger partial charge in [-0.05, 0) is 18.9 Å². The molecular weight excluding hydrogens is 291 g/mol. The van der Waals surface area contributed by atoms with E-state index in [0.717, 1.165) is 19.5 Å². The largest absolute Gasteiger partial charge is 0.311 e. The molecule has 0 saturated carbocycles. The number of nitrogens with zero attached hydrogens (tertiary/aromatic N) is 2. The highest BCUT2D eigenvalue weighted by Crippen LogP contribution is 2.21. The molecule has 0 amide bonds. The summed E-state index contributed by atoms with van der Waals surface area (Å²) in [6, 6.07) is 5.71. The van der Waals surface area contributed by atoms with Crippen LogP contribution in [0.2, 0.25) is 0 Å². The Kier molecular flexibility index (Phi) is 3.22. The summed E-state index contributed by atoms with van der Waals surface area (Å²) in [4.78, 5) is 11.6. The maximum absolute atomic E-state index is 11.6. The Balaban J connectivity index is 2.22. The zero-order valence-electron chi connectivity index (χ0n) is 7.90. The topological polar surface area (TPSA) is 25.2 Å². The van der Waals surface area contributed by atoms with Crippen LogP contribution in [0, 0.1) is 0 Å². The zero-order chi connectivity index (χ0) is 9.97. The first-order valence-corrected chi connectivity index (χ1v) is 5.82. The van der Waals surface area contributed by atoms with E-state index in [-0.39, 0.29) is 5.56 Å². The molecule has 1 aliphatic heterocycles. The van der Waals surface area contributed by atoms with E-state index in [0.29, 0.717) is 6.04 Å². The fourth-order valence-electron chi connectivity index (χ4n) is 1.88. The molecule has 2 heterocycles. The molecule has 0 bridgehead atoms. The van der Waals surface area contributed by atoms with Crippen molar-refractivity contribution in [1.29, 1.82) is 0 Å². The smallest absolute Gasteiger partial charge is 0.250 e. The molecule has 0 spiro atoms. The fourth-order valence-corrected chi connectivity index (χ4v) is 2.67. The van der Waals surface area contributed by atoms with E-state index in [1.54, 1.807) is 12.1 Å². The van der Waals surface area contributed by atoms with E-state index in [9.17, 15) is 4.79 Å². The maximum atomic E-state index is 11.6. The quantitative estimate of drug-likeness (QED) is 0.584. The lowest BCUT2D eigenvalue weighted by Gasteiger charge is -2.29. The highest BCUT2D eigenvalue weighted by molar-refractivity contribution is 14.1. The average Bonchev–Trinajstić information content (AvgIpc) is 2.18. The second kappa shape index (κ2) is 4.44.